The molecule has 2 aromatic heterocycles. The number of hydrogen-bond acceptors (Lipinski definition) is 5. The average Bonchev–Trinajstić information content (AvgIpc) is 3.36. The van der Waals surface area contributed by atoms with Crippen LogP contribution < -0.4 is 5.32 Å². The molecule has 7 rings (SSSR count). The fourth-order valence-corrected chi connectivity index (χ4v) is 8.40. The maximum absolute atomic E-state index is 13.3. The predicted molar refractivity (Wildman–Crippen MR) is 145 cm³/mol. The number of benzene rings is 1. The molecule has 0 aliphatic heterocycles. The van der Waals surface area contributed by atoms with Crippen LogP contribution in [0.25, 0.3) is 0 Å². The zero-order chi connectivity index (χ0) is 25.9. The Morgan fingerprint density at radius 1 is 1.11 bits per heavy atom. The van der Waals surface area contributed by atoms with Crippen molar-refractivity contribution in [2.24, 2.45) is 17.3 Å². The molecule has 0 saturated heterocycles. The standard InChI is InChI=1S/C25H25Br2ClN6O3/c26-19-12-32(11-15-1-3-18(28)4-2-15)30-22(19)29-21(35)10-24-6-16-5-17(7-24)9-25(8-16,14-24)33-13-20(27)23(31-33)34(36)37/h1-4,12-13,16-17H,5-11,14H2,(H,29,30,35). The highest BCUT2D eigenvalue weighted by Gasteiger charge is 2.60. The summed E-state index contributed by atoms with van der Waals surface area (Å²) in [4.78, 5) is 24.3. The molecular weight excluding hydrogens is 628 g/mol. The van der Waals surface area contributed by atoms with Gasteiger partial charge in [-0.1, -0.05) is 23.7 Å². The van der Waals surface area contributed by atoms with Gasteiger partial charge in [0.2, 0.25) is 5.91 Å². The van der Waals surface area contributed by atoms with Gasteiger partial charge < -0.3 is 15.4 Å². The van der Waals surface area contributed by atoms with Gasteiger partial charge in [0.1, 0.15) is 4.47 Å². The topological polar surface area (TPSA) is 108 Å². The fourth-order valence-electron chi connectivity index (χ4n) is 7.44. The number of hydrogen-bond donors (Lipinski definition) is 1. The number of carbonyl (C=O) groups excluding carboxylic acids is 1. The Hall–Kier alpha value is -2.24. The fraction of sp³-hybridized carbons (Fsp3) is 0.480. The van der Waals surface area contributed by atoms with E-state index in [1.54, 1.807) is 10.9 Å². The van der Waals surface area contributed by atoms with E-state index in [1.165, 1.54) is 0 Å². The van der Waals surface area contributed by atoms with E-state index in [-0.39, 0.29) is 22.7 Å². The Bertz CT molecular complexity index is 1370. The quantitative estimate of drug-likeness (QED) is 0.231. The van der Waals surface area contributed by atoms with E-state index in [4.69, 9.17) is 11.6 Å². The largest absolute Gasteiger partial charge is 0.404 e. The van der Waals surface area contributed by atoms with Crippen LogP contribution >= 0.6 is 43.5 Å². The van der Waals surface area contributed by atoms with Crippen LogP contribution in [0.4, 0.5) is 11.6 Å². The van der Waals surface area contributed by atoms with Crippen molar-refractivity contribution in [1.29, 1.82) is 0 Å². The van der Waals surface area contributed by atoms with Crippen LogP contribution in [0.2, 0.25) is 5.02 Å². The third kappa shape index (κ3) is 4.74. The van der Waals surface area contributed by atoms with Crippen molar-refractivity contribution in [3.05, 3.63) is 66.3 Å². The number of halogens is 3. The third-order valence-electron chi connectivity index (χ3n) is 8.23. The van der Waals surface area contributed by atoms with Crippen LogP contribution in [0.15, 0.2) is 45.6 Å². The Kier molecular flexibility index (Phi) is 6.23. The van der Waals surface area contributed by atoms with E-state index in [1.807, 2.05) is 35.1 Å². The summed E-state index contributed by atoms with van der Waals surface area (Å²) < 4.78 is 4.74. The molecule has 194 valence electrons. The van der Waals surface area contributed by atoms with Gasteiger partial charge in [0.25, 0.3) is 0 Å². The zero-order valence-electron chi connectivity index (χ0n) is 19.9. The Balaban J connectivity index is 1.18. The highest BCUT2D eigenvalue weighted by Crippen LogP contribution is 2.65. The van der Waals surface area contributed by atoms with Gasteiger partial charge in [0.05, 0.1) is 27.9 Å². The number of anilines is 1. The maximum atomic E-state index is 13.3. The van der Waals surface area contributed by atoms with Crippen molar-refractivity contribution in [2.75, 3.05) is 5.32 Å². The first kappa shape index (κ1) is 25.1. The van der Waals surface area contributed by atoms with Crippen LogP contribution in [-0.4, -0.2) is 30.4 Å². The lowest BCUT2D eigenvalue weighted by Gasteiger charge is -2.61. The predicted octanol–water partition coefficient (Wildman–Crippen LogP) is 6.54. The van der Waals surface area contributed by atoms with Crippen LogP contribution in [0.1, 0.15) is 50.5 Å². The Morgan fingerprint density at radius 3 is 2.46 bits per heavy atom. The molecule has 1 amide bonds. The van der Waals surface area contributed by atoms with Crippen LogP contribution in [-0.2, 0) is 16.9 Å². The molecule has 2 heterocycles. The first-order chi connectivity index (χ1) is 17.6. The van der Waals surface area contributed by atoms with E-state index in [0.29, 0.717) is 40.1 Å². The van der Waals surface area contributed by atoms with E-state index in [9.17, 15) is 14.9 Å². The minimum absolute atomic E-state index is 0.0535. The second-order valence-electron chi connectivity index (χ2n) is 11.1. The van der Waals surface area contributed by atoms with E-state index < -0.39 is 4.92 Å². The Morgan fingerprint density at radius 2 is 1.81 bits per heavy atom. The molecule has 12 heteroatoms. The summed E-state index contributed by atoms with van der Waals surface area (Å²) in [5.74, 6) is 1.30. The van der Waals surface area contributed by atoms with Gasteiger partial charge in [0.15, 0.2) is 5.82 Å². The van der Waals surface area contributed by atoms with Gasteiger partial charge >= 0.3 is 5.82 Å². The van der Waals surface area contributed by atoms with Crippen molar-refractivity contribution < 1.29 is 9.72 Å². The number of nitrogens with one attached hydrogen (secondary N) is 1. The van der Waals surface area contributed by atoms with Crippen molar-refractivity contribution in [3.8, 4) is 0 Å². The number of aromatic nitrogens is 4. The molecule has 4 fully saturated rings. The van der Waals surface area contributed by atoms with E-state index in [2.05, 4.69) is 47.4 Å². The number of nitro groups is 1. The van der Waals surface area contributed by atoms with E-state index >= 15 is 0 Å². The summed E-state index contributed by atoms with van der Waals surface area (Å²) in [6.07, 6.45) is 9.91. The van der Waals surface area contributed by atoms with Gasteiger partial charge in [-0.15, -0.1) is 0 Å². The SMILES string of the molecule is O=C(CC12CC3CC(C1)CC(n1cc(Br)c([N+](=O)[O-])n1)(C3)C2)Nc1nn(Cc2ccc(Cl)cc2)cc1Br. The van der Waals surface area contributed by atoms with Crippen LogP contribution in [0.3, 0.4) is 0 Å². The number of rotatable bonds is 7. The third-order valence-corrected chi connectivity index (χ3v) is 9.62. The molecule has 4 saturated carbocycles. The minimum atomic E-state index is -0.450. The smallest absolute Gasteiger partial charge is 0.358 e. The second kappa shape index (κ2) is 9.20. The molecular formula is C25H25Br2ClN6O3. The first-order valence-electron chi connectivity index (χ1n) is 12.3. The molecule has 0 radical (unpaired) electrons. The summed E-state index contributed by atoms with van der Waals surface area (Å²) in [7, 11) is 0. The monoisotopic (exact) mass is 650 g/mol. The zero-order valence-corrected chi connectivity index (χ0v) is 23.8. The molecule has 1 N–H and O–H groups in total. The molecule has 2 atom stereocenters. The second-order valence-corrected chi connectivity index (χ2v) is 13.2. The highest BCUT2D eigenvalue weighted by atomic mass is 79.9. The van der Waals surface area contributed by atoms with Crippen LogP contribution in [0.5, 0.6) is 0 Å². The lowest BCUT2D eigenvalue weighted by molar-refractivity contribution is -0.390. The highest BCUT2D eigenvalue weighted by molar-refractivity contribution is 9.11. The molecule has 37 heavy (non-hydrogen) atoms. The number of amides is 1. The molecule has 1 aromatic carbocycles. The normalized spacial score (nSPS) is 28.0. The average molecular weight is 653 g/mol. The van der Waals surface area contributed by atoms with Crippen molar-refractivity contribution in [1.82, 2.24) is 19.6 Å². The lowest BCUT2D eigenvalue weighted by atomic mass is 9.46. The van der Waals surface area contributed by atoms with Gasteiger partial charge in [0, 0.05) is 17.6 Å². The summed E-state index contributed by atoms with van der Waals surface area (Å²) in [5.41, 5.74) is 0.642. The van der Waals surface area contributed by atoms with Crippen LogP contribution in [0, 0.1) is 27.4 Å². The molecule has 4 aliphatic rings. The molecule has 4 aliphatic carbocycles. The Labute approximate surface area is 235 Å². The van der Waals surface area contributed by atoms with Crippen molar-refractivity contribution >= 4 is 61.0 Å². The molecule has 9 nitrogen and oxygen atoms in total. The van der Waals surface area contributed by atoms with Gasteiger partial charge in [-0.3, -0.25) is 9.48 Å². The molecule has 2 unspecified atom stereocenters. The summed E-state index contributed by atoms with van der Waals surface area (Å²) >= 11 is 12.8. The summed E-state index contributed by atoms with van der Waals surface area (Å²) in [6.45, 7) is 0.563. The minimum Gasteiger partial charge on any atom is -0.358 e. The number of nitrogens with zero attached hydrogens (tertiary/aromatic N) is 5. The first-order valence-corrected chi connectivity index (χ1v) is 14.3. The molecule has 4 bridgehead atoms. The molecule has 3 aromatic rings. The number of carbonyl (C=O) groups is 1. The molecule has 0 spiro atoms. The summed E-state index contributed by atoms with van der Waals surface area (Å²) in [5, 5.41) is 24.1. The van der Waals surface area contributed by atoms with Crippen molar-refractivity contribution in [2.45, 2.75) is 57.0 Å². The maximum Gasteiger partial charge on any atom is 0.404 e. The van der Waals surface area contributed by atoms with E-state index in [0.717, 1.165) is 48.6 Å². The summed E-state index contributed by atoms with van der Waals surface area (Å²) in [6, 6.07) is 7.59. The van der Waals surface area contributed by atoms with Gasteiger partial charge in [-0.2, -0.15) is 9.78 Å². The van der Waals surface area contributed by atoms with Crippen molar-refractivity contribution in [3.63, 3.8) is 0 Å². The van der Waals surface area contributed by atoms with Gasteiger partial charge in [-0.05, 0) is 110 Å². The lowest BCUT2D eigenvalue weighted by Crippen LogP contribution is -2.57. The van der Waals surface area contributed by atoms with Gasteiger partial charge in [-0.25, -0.2) is 0 Å².